The molecule has 3 aromatic carbocycles. The van der Waals surface area contributed by atoms with Gasteiger partial charge in [0.2, 0.25) is 5.95 Å². The van der Waals surface area contributed by atoms with Crippen molar-refractivity contribution in [3.05, 3.63) is 106 Å². The van der Waals surface area contributed by atoms with Crippen LogP contribution in [0.15, 0.2) is 83.5 Å². The minimum atomic E-state index is 0.154. The van der Waals surface area contributed by atoms with Gasteiger partial charge in [-0.15, -0.1) is 0 Å². The summed E-state index contributed by atoms with van der Waals surface area (Å²) in [5, 5.41) is 12.4. The molecule has 0 saturated carbocycles. The number of nitrogens with one attached hydrogen (secondary N) is 1. The van der Waals surface area contributed by atoms with Crippen LogP contribution in [-0.2, 0) is 12.8 Å². The first-order chi connectivity index (χ1) is 16.2. The Kier molecular flexibility index (Phi) is 7.53. The average Bonchev–Trinajstić information content (AvgIpc) is 2.86. The van der Waals surface area contributed by atoms with Crippen LogP contribution in [0.2, 0.25) is 0 Å². The molecule has 4 nitrogen and oxygen atoms in total. The predicted molar refractivity (Wildman–Crippen MR) is 139 cm³/mol. The molecule has 1 aromatic heterocycles. The van der Waals surface area contributed by atoms with Crippen LogP contribution < -0.4 is 5.32 Å². The van der Waals surface area contributed by atoms with Crippen molar-refractivity contribution in [2.75, 3.05) is 11.9 Å². The van der Waals surface area contributed by atoms with Gasteiger partial charge >= 0.3 is 0 Å². The molecule has 1 unspecified atom stereocenters. The number of aromatic nitrogens is 2. The minimum Gasteiger partial charge on any atom is -0.396 e. The van der Waals surface area contributed by atoms with Crippen molar-refractivity contribution in [3.8, 4) is 11.3 Å². The van der Waals surface area contributed by atoms with Crippen molar-refractivity contribution in [3.63, 3.8) is 0 Å². The van der Waals surface area contributed by atoms with E-state index in [0.29, 0.717) is 12.4 Å². The van der Waals surface area contributed by atoms with Crippen LogP contribution in [0.1, 0.15) is 42.0 Å². The third kappa shape index (κ3) is 5.15. The number of hydrogen-bond donors (Lipinski definition) is 2. The Morgan fingerprint density at radius 1 is 1.00 bits per heavy atom. The second-order valence-electron chi connectivity index (χ2n) is 7.76. The standard InChI is InChI=1S/C26H22BrN3O.C2H6/c27-20-5-3-4-18(14-20)24-15-19-16-28-26(29-21-10-8-17(9-11-21)12-13-31)30-25(19)23-7-2-1-6-22(23)24;1-2/h1-11,14,16,24,31H,12-13,15H2,(H,28,29,30);1-2H3. The number of rotatable bonds is 5. The molecule has 0 amide bonds. The number of aliphatic hydroxyl groups excluding tert-OH is 1. The molecule has 0 saturated heterocycles. The molecule has 5 rings (SSSR count). The van der Waals surface area contributed by atoms with E-state index in [-0.39, 0.29) is 12.5 Å². The number of anilines is 2. The molecule has 5 heteroatoms. The van der Waals surface area contributed by atoms with Gasteiger partial charge in [0.25, 0.3) is 0 Å². The van der Waals surface area contributed by atoms with Crippen LogP contribution in [0, 0.1) is 0 Å². The van der Waals surface area contributed by atoms with Crippen LogP contribution >= 0.6 is 15.9 Å². The smallest absolute Gasteiger partial charge is 0.227 e. The average molecular weight is 502 g/mol. The van der Waals surface area contributed by atoms with E-state index < -0.39 is 0 Å². The third-order valence-electron chi connectivity index (χ3n) is 5.74. The number of aliphatic hydroxyl groups is 1. The summed E-state index contributed by atoms with van der Waals surface area (Å²) in [6.45, 7) is 4.15. The summed E-state index contributed by atoms with van der Waals surface area (Å²) in [6, 6.07) is 25.1. The maximum atomic E-state index is 9.08. The van der Waals surface area contributed by atoms with Crippen molar-refractivity contribution >= 4 is 27.6 Å². The van der Waals surface area contributed by atoms with Crippen LogP contribution in [0.3, 0.4) is 0 Å². The van der Waals surface area contributed by atoms with E-state index in [2.05, 4.69) is 74.8 Å². The number of benzene rings is 3. The summed E-state index contributed by atoms with van der Waals surface area (Å²) in [7, 11) is 0. The Morgan fingerprint density at radius 3 is 2.55 bits per heavy atom. The van der Waals surface area contributed by atoms with E-state index in [0.717, 1.165) is 39.0 Å². The molecule has 0 bridgehead atoms. The van der Waals surface area contributed by atoms with E-state index >= 15 is 0 Å². The summed E-state index contributed by atoms with van der Waals surface area (Å²) in [5.74, 6) is 0.868. The van der Waals surface area contributed by atoms with Crippen molar-refractivity contribution in [2.45, 2.75) is 32.6 Å². The zero-order valence-corrected chi connectivity index (χ0v) is 20.5. The van der Waals surface area contributed by atoms with E-state index in [1.165, 1.54) is 11.1 Å². The number of fused-ring (bicyclic) bond motifs is 3. The van der Waals surface area contributed by atoms with Crippen molar-refractivity contribution in [1.82, 2.24) is 9.97 Å². The Hall–Kier alpha value is -3.02. The summed E-state index contributed by atoms with van der Waals surface area (Å²) in [6.07, 6.45) is 3.48. The molecule has 1 aliphatic rings. The van der Waals surface area contributed by atoms with Crippen molar-refractivity contribution in [1.29, 1.82) is 0 Å². The SMILES string of the molecule is CC.OCCc1ccc(Nc2ncc3c(n2)-c2ccccc2C(c2cccc(Br)c2)C3)cc1. The molecule has 0 fully saturated rings. The van der Waals surface area contributed by atoms with Crippen LogP contribution in [-0.4, -0.2) is 21.7 Å². The fourth-order valence-corrected chi connectivity index (χ4v) is 4.65. The fourth-order valence-electron chi connectivity index (χ4n) is 4.23. The highest BCUT2D eigenvalue weighted by Crippen LogP contribution is 2.42. The van der Waals surface area contributed by atoms with Gasteiger partial charge in [0.05, 0.1) is 5.69 Å². The quantitative estimate of drug-likeness (QED) is 0.312. The highest BCUT2D eigenvalue weighted by Gasteiger charge is 2.27. The first-order valence-corrected chi connectivity index (χ1v) is 12.2. The first kappa shape index (κ1) is 23.1. The van der Waals surface area contributed by atoms with E-state index in [4.69, 9.17) is 10.1 Å². The van der Waals surface area contributed by atoms with Gasteiger partial charge in [-0.3, -0.25) is 0 Å². The van der Waals surface area contributed by atoms with Crippen LogP contribution in [0.25, 0.3) is 11.3 Å². The lowest BCUT2D eigenvalue weighted by atomic mass is 9.78. The molecule has 1 aliphatic carbocycles. The van der Waals surface area contributed by atoms with Gasteiger partial charge in [-0.1, -0.05) is 78.3 Å². The topological polar surface area (TPSA) is 58.0 Å². The first-order valence-electron chi connectivity index (χ1n) is 11.4. The molecule has 168 valence electrons. The highest BCUT2D eigenvalue weighted by atomic mass is 79.9. The van der Waals surface area contributed by atoms with Gasteiger partial charge in [-0.2, -0.15) is 0 Å². The van der Waals surface area contributed by atoms with E-state index in [1.54, 1.807) is 0 Å². The lowest BCUT2D eigenvalue weighted by Crippen LogP contribution is -2.15. The minimum absolute atomic E-state index is 0.154. The highest BCUT2D eigenvalue weighted by molar-refractivity contribution is 9.10. The van der Waals surface area contributed by atoms with Gasteiger partial charge in [0.1, 0.15) is 0 Å². The molecule has 1 atom stereocenters. The normalized spacial score (nSPS) is 13.9. The molecule has 2 N–H and O–H groups in total. The second-order valence-corrected chi connectivity index (χ2v) is 8.68. The number of nitrogens with zero attached hydrogens (tertiary/aromatic N) is 2. The molecular formula is C28H28BrN3O. The largest absolute Gasteiger partial charge is 0.396 e. The zero-order valence-electron chi connectivity index (χ0n) is 18.9. The predicted octanol–water partition coefficient (Wildman–Crippen LogP) is 6.90. The maximum absolute atomic E-state index is 9.08. The maximum Gasteiger partial charge on any atom is 0.227 e. The van der Waals surface area contributed by atoms with Gasteiger partial charge in [0.15, 0.2) is 0 Å². The van der Waals surface area contributed by atoms with Gasteiger partial charge in [0, 0.05) is 34.4 Å². The molecule has 4 aromatic rings. The zero-order chi connectivity index (χ0) is 23.2. The number of halogens is 1. The van der Waals surface area contributed by atoms with Crippen LogP contribution in [0.5, 0.6) is 0 Å². The van der Waals surface area contributed by atoms with Gasteiger partial charge in [-0.05, 0) is 59.4 Å². The van der Waals surface area contributed by atoms with Gasteiger partial charge in [-0.25, -0.2) is 9.97 Å². The Labute approximate surface area is 203 Å². The lowest BCUT2D eigenvalue weighted by molar-refractivity contribution is 0.299. The monoisotopic (exact) mass is 501 g/mol. The third-order valence-corrected chi connectivity index (χ3v) is 6.23. The molecule has 0 radical (unpaired) electrons. The van der Waals surface area contributed by atoms with E-state index in [1.807, 2.05) is 44.3 Å². The summed E-state index contributed by atoms with van der Waals surface area (Å²) in [4.78, 5) is 9.48. The summed E-state index contributed by atoms with van der Waals surface area (Å²) < 4.78 is 1.09. The lowest BCUT2D eigenvalue weighted by Gasteiger charge is -2.27. The molecule has 0 spiro atoms. The Morgan fingerprint density at radius 2 is 1.79 bits per heavy atom. The Balaban J connectivity index is 0.00000126. The fraction of sp³-hybridized carbons (Fsp3) is 0.214. The van der Waals surface area contributed by atoms with Gasteiger partial charge < -0.3 is 10.4 Å². The molecule has 33 heavy (non-hydrogen) atoms. The van der Waals surface area contributed by atoms with Crippen LogP contribution in [0.4, 0.5) is 11.6 Å². The summed E-state index contributed by atoms with van der Waals surface area (Å²) >= 11 is 3.61. The molecule has 1 heterocycles. The molecular weight excluding hydrogens is 474 g/mol. The summed E-state index contributed by atoms with van der Waals surface area (Å²) in [5.41, 5.74) is 7.94. The van der Waals surface area contributed by atoms with E-state index in [9.17, 15) is 0 Å². The van der Waals surface area contributed by atoms with Crippen molar-refractivity contribution < 1.29 is 5.11 Å². The number of hydrogen-bond acceptors (Lipinski definition) is 4. The second kappa shape index (κ2) is 10.7. The Bertz CT molecular complexity index is 1220. The van der Waals surface area contributed by atoms with Crippen molar-refractivity contribution in [2.24, 2.45) is 0 Å². The molecule has 0 aliphatic heterocycles.